The first-order chi connectivity index (χ1) is 13.5. The molecule has 3 rings (SSSR count). The van der Waals surface area contributed by atoms with E-state index in [2.05, 4.69) is 5.32 Å². The van der Waals surface area contributed by atoms with Crippen molar-refractivity contribution < 1.29 is 14.5 Å². The number of methoxy groups -OCH3 is 1. The fourth-order valence-electron chi connectivity index (χ4n) is 2.66. The number of rotatable bonds is 6. The molecule has 0 unspecified atom stereocenters. The summed E-state index contributed by atoms with van der Waals surface area (Å²) in [5, 5.41) is 13.8. The van der Waals surface area contributed by atoms with E-state index in [0.717, 1.165) is 15.4 Å². The van der Waals surface area contributed by atoms with E-state index in [-0.39, 0.29) is 11.6 Å². The molecule has 6 nitrogen and oxygen atoms in total. The van der Waals surface area contributed by atoms with Crippen molar-refractivity contribution in [1.82, 2.24) is 0 Å². The van der Waals surface area contributed by atoms with E-state index in [1.807, 2.05) is 31.2 Å². The number of amides is 1. The molecule has 0 fully saturated rings. The Bertz CT molecular complexity index is 1040. The van der Waals surface area contributed by atoms with Gasteiger partial charge < -0.3 is 10.1 Å². The number of non-ortho nitro benzene ring substituents is 1. The van der Waals surface area contributed by atoms with E-state index in [9.17, 15) is 14.9 Å². The summed E-state index contributed by atoms with van der Waals surface area (Å²) < 4.78 is 5.28. The van der Waals surface area contributed by atoms with Crippen molar-refractivity contribution in [2.75, 3.05) is 12.4 Å². The monoisotopic (exact) mass is 394 g/mol. The maximum atomic E-state index is 12.9. The lowest BCUT2D eigenvalue weighted by molar-refractivity contribution is -0.385. The third kappa shape index (κ3) is 4.32. The van der Waals surface area contributed by atoms with Crippen molar-refractivity contribution >= 4 is 29.0 Å². The predicted octanol–water partition coefficient (Wildman–Crippen LogP) is 5.32. The molecule has 3 aromatic carbocycles. The molecule has 0 aromatic heterocycles. The molecule has 0 saturated carbocycles. The SMILES string of the molecule is COc1ccccc1NC(=O)c1ccccc1Sc1ccc([N+](=O)[O-])cc1C. The summed E-state index contributed by atoms with van der Waals surface area (Å²) in [5.41, 5.74) is 1.92. The summed E-state index contributed by atoms with van der Waals surface area (Å²) >= 11 is 1.40. The van der Waals surface area contributed by atoms with E-state index in [0.29, 0.717) is 17.0 Å². The van der Waals surface area contributed by atoms with Crippen LogP contribution in [0.4, 0.5) is 11.4 Å². The highest BCUT2D eigenvalue weighted by Crippen LogP contribution is 2.34. The lowest BCUT2D eigenvalue weighted by Gasteiger charge is -2.13. The van der Waals surface area contributed by atoms with Crippen LogP contribution in [0.2, 0.25) is 0 Å². The molecule has 0 aliphatic heterocycles. The zero-order valence-electron chi connectivity index (χ0n) is 15.3. The van der Waals surface area contributed by atoms with Crippen LogP contribution in [0, 0.1) is 17.0 Å². The van der Waals surface area contributed by atoms with Crippen molar-refractivity contribution in [3.05, 3.63) is 88.0 Å². The fourth-order valence-corrected chi connectivity index (χ4v) is 3.67. The van der Waals surface area contributed by atoms with Gasteiger partial charge in [0.25, 0.3) is 11.6 Å². The smallest absolute Gasteiger partial charge is 0.269 e. The molecular weight excluding hydrogens is 376 g/mol. The van der Waals surface area contributed by atoms with Gasteiger partial charge in [0.1, 0.15) is 5.75 Å². The molecule has 0 bridgehead atoms. The number of benzene rings is 3. The van der Waals surface area contributed by atoms with Crippen LogP contribution in [-0.2, 0) is 0 Å². The highest BCUT2D eigenvalue weighted by atomic mass is 32.2. The summed E-state index contributed by atoms with van der Waals surface area (Å²) in [6, 6.07) is 19.1. The van der Waals surface area contributed by atoms with Crippen LogP contribution in [0.5, 0.6) is 5.75 Å². The number of carbonyl (C=O) groups excluding carboxylic acids is 1. The van der Waals surface area contributed by atoms with Gasteiger partial charge in [0.2, 0.25) is 0 Å². The number of nitrogens with zero attached hydrogens (tertiary/aromatic N) is 1. The Balaban J connectivity index is 1.87. The quantitative estimate of drug-likeness (QED) is 0.452. The van der Waals surface area contributed by atoms with Gasteiger partial charge in [-0.05, 0) is 42.8 Å². The Labute approximate surface area is 166 Å². The first kappa shape index (κ1) is 19.4. The fraction of sp³-hybridized carbons (Fsp3) is 0.0952. The van der Waals surface area contributed by atoms with Crippen LogP contribution in [0.1, 0.15) is 15.9 Å². The lowest BCUT2D eigenvalue weighted by Crippen LogP contribution is -2.13. The minimum absolute atomic E-state index is 0.0454. The van der Waals surface area contributed by atoms with Gasteiger partial charge in [-0.1, -0.05) is 36.0 Å². The zero-order chi connectivity index (χ0) is 20.1. The Morgan fingerprint density at radius 2 is 1.75 bits per heavy atom. The molecule has 7 heteroatoms. The van der Waals surface area contributed by atoms with Crippen LogP contribution >= 0.6 is 11.8 Å². The molecule has 1 amide bonds. The second-order valence-electron chi connectivity index (χ2n) is 5.96. The molecule has 28 heavy (non-hydrogen) atoms. The number of carbonyl (C=O) groups is 1. The van der Waals surface area contributed by atoms with Gasteiger partial charge in [0.15, 0.2) is 0 Å². The molecule has 1 N–H and O–H groups in total. The highest BCUT2D eigenvalue weighted by molar-refractivity contribution is 7.99. The third-order valence-corrected chi connectivity index (χ3v) is 5.33. The van der Waals surface area contributed by atoms with Crippen LogP contribution in [0.15, 0.2) is 76.5 Å². The topological polar surface area (TPSA) is 81.5 Å². The van der Waals surface area contributed by atoms with Crippen LogP contribution in [-0.4, -0.2) is 17.9 Å². The summed E-state index contributed by atoms with van der Waals surface area (Å²) in [5.74, 6) is 0.319. The van der Waals surface area contributed by atoms with E-state index < -0.39 is 4.92 Å². The second-order valence-corrected chi connectivity index (χ2v) is 7.04. The Kier molecular flexibility index (Phi) is 5.96. The van der Waals surface area contributed by atoms with Gasteiger partial charge in [0, 0.05) is 21.9 Å². The van der Waals surface area contributed by atoms with Crippen molar-refractivity contribution in [1.29, 1.82) is 0 Å². The molecule has 0 spiro atoms. The van der Waals surface area contributed by atoms with Crippen molar-refractivity contribution in [3.63, 3.8) is 0 Å². The zero-order valence-corrected chi connectivity index (χ0v) is 16.2. The molecule has 0 saturated heterocycles. The first-order valence-corrected chi connectivity index (χ1v) is 9.27. The summed E-state index contributed by atoms with van der Waals surface area (Å²) in [4.78, 5) is 25.0. The molecule has 0 aliphatic rings. The summed E-state index contributed by atoms with van der Waals surface area (Å²) in [7, 11) is 1.55. The van der Waals surface area contributed by atoms with Crippen LogP contribution < -0.4 is 10.1 Å². The maximum Gasteiger partial charge on any atom is 0.269 e. The minimum Gasteiger partial charge on any atom is -0.495 e. The predicted molar refractivity (Wildman–Crippen MR) is 109 cm³/mol. The van der Waals surface area contributed by atoms with Gasteiger partial charge in [-0.15, -0.1) is 0 Å². The number of nitro benzene ring substituents is 1. The number of hydrogen-bond acceptors (Lipinski definition) is 5. The van der Waals surface area contributed by atoms with Crippen LogP contribution in [0.3, 0.4) is 0 Å². The average molecular weight is 394 g/mol. The first-order valence-electron chi connectivity index (χ1n) is 8.46. The number of anilines is 1. The Hall–Kier alpha value is -3.32. The van der Waals surface area contributed by atoms with Crippen molar-refractivity contribution in [2.45, 2.75) is 16.7 Å². The summed E-state index contributed by atoms with van der Waals surface area (Å²) in [6.07, 6.45) is 0. The van der Waals surface area contributed by atoms with E-state index in [4.69, 9.17) is 4.74 Å². The third-order valence-electron chi connectivity index (χ3n) is 4.08. The molecule has 3 aromatic rings. The van der Waals surface area contributed by atoms with E-state index >= 15 is 0 Å². The second kappa shape index (κ2) is 8.58. The normalized spacial score (nSPS) is 10.4. The minimum atomic E-state index is -0.421. The number of aryl methyl sites for hydroxylation is 1. The molecule has 0 atom stereocenters. The molecule has 0 heterocycles. The molecule has 142 valence electrons. The number of para-hydroxylation sites is 2. The van der Waals surface area contributed by atoms with Gasteiger partial charge in [0.05, 0.1) is 23.3 Å². The molecular formula is C21H18N2O4S. The van der Waals surface area contributed by atoms with Gasteiger partial charge in [-0.3, -0.25) is 14.9 Å². The van der Waals surface area contributed by atoms with Crippen molar-refractivity contribution in [2.24, 2.45) is 0 Å². The molecule has 0 aliphatic carbocycles. The summed E-state index contributed by atoms with van der Waals surface area (Å²) in [6.45, 7) is 1.81. The van der Waals surface area contributed by atoms with E-state index in [1.54, 1.807) is 37.4 Å². The van der Waals surface area contributed by atoms with Gasteiger partial charge >= 0.3 is 0 Å². The highest BCUT2D eigenvalue weighted by Gasteiger charge is 2.16. The Morgan fingerprint density at radius 3 is 2.46 bits per heavy atom. The standard InChI is InChI=1S/C21H18N2O4S/c1-14-13-15(23(25)26)11-12-19(14)28-20-10-6-3-7-16(20)21(24)22-17-8-4-5-9-18(17)27-2/h3-13H,1-2H3,(H,22,24). The Morgan fingerprint density at radius 1 is 1.04 bits per heavy atom. The van der Waals surface area contributed by atoms with Gasteiger partial charge in [-0.2, -0.15) is 0 Å². The van der Waals surface area contributed by atoms with Crippen LogP contribution in [0.25, 0.3) is 0 Å². The lowest BCUT2D eigenvalue weighted by atomic mass is 10.2. The maximum absolute atomic E-state index is 12.9. The number of nitrogens with one attached hydrogen (secondary N) is 1. The molecule has 0 radical (unpaired) electrons. The van der Waals surface area contributed by atoms with Crippen molar-refractivity contribution in [3.8, 4) is 5.75 Å². The van der Waals surface area contributed by atoms with E-state index in [1.165, 1.54) is 23.9 Å². The number of nitro groups is 1. The number of ether oxygens (including phenoxy) is 1. The number of hydrogen-bond donors (Lipinski definition) is 1. The average Bonchev–Trinajstić information content (AvgIpc) is 2.70. The largest absolute Gasteiger partial charge is 0.495 e. The van der Waals surface area contributed by atoms with Gasteiger partial charge in [-0.25, -0.2) is 0 Å².